The van der Waals surface area contributed by atoms with Crippen LogP contribution in [0.5, 0.6) is 0 Å². The molecule has 0 saturated carbocycles. The maximum Gasteiger partial charge on any atom is 0.410 e. The number of ether oxygens (including phenoxy) is 2. The van der Waals surface area contributed by atoms with E-state index in [1.165, 1.54) is 5.56 Å². The molecule has 1 aromatic rings. The molecule has 0 radical (unpaired) electrons. The third kappa shape index (κ3) is 7.61. The van der Waals surface area contributed by atoms with E-state index in [0.29, 0.717) is 26.2 Å². The molecule has 0 unspecified atom stereocenters. The van der Waals surface area contributed by atoms with Gasteiger partial charge in [-0.05, 0) is 85.9 Å². The number of nitrogens with one attached hydrogen (secondary N) is 1. The van der Waals surface area contributed by atoms with E-state index in [4.69, 9.17) is 9.47 Å². The number of carbonyl (C=O) groups is 2. The van der Waals surface area contributed by atoms with Crippen molar-refractivity contribution in [2.75, 3.05) is 25.0 Å². The third-order valence-electron chi connectivity index (χ3n) is 4.99. The van der Waals surface area contributed by atoms with E-state index in [1.807, 2.05) is 68.4 Å². The van der Waals surface area contributed by atoms with E-state index in [1.54, 1.807) is 9.80 Å². The van der Waals surface area contributed by atoms with E-state index in [-0.39, 0.29) is 17.7 Å². The Balaban J connectivity index is 2.04. The van der Waals surface area contributed by atoms with Gasteiger partial charge in [0.2, 0.25) is 0 Å². The molecular formula is C25H41N3O4. The van der Waals surface area contributed by atoms with Crippen molar-refractivity contribution in [3.63, 3.8) is 0 Å². The van der Waals surface area contributed by atoms with Gasteiger partial charge in [-0.15, -0.1) is 0 Å². The summed E-state index contributed by atoms with van der Waals surface area (Å²) in [4.78, 5) is 28.7. The molecular weight excluding hydrogens is 406 g/mol. The maximum absolute atomic E-state index is 12.7. The third-order valence-corrected chi connectivity index (χ3v) is 4.99. The van der Waals surface area contributed by atoms with Crippen LogP contribution in [0.2, 0.25) is 0 Å². The summed E-state index contributed by atoms with van der Waals surface area (Å²) in [6.07, 6.45) is 0.168. The summed E-state index contributed by atoms with van der Waals surface area (Å²) >= 11 is 0. The second kappa shape index (κ2) is 9.59. The van der Waals surface area contributed by atoms with E-state index in [0.717, 1.165) is 17.7 Å². The van der Waals surface area contributed by atoms with Gasteiger partial charge in [0.05, 0.1) is 0 Å². The standard InChI is InChI=1S/C25H41N3O4/c1-23(2,3)28(22(30)32-25(7,8)9)16-14-26-20-12-10-11-18-17-27(15-13-19(18)20)21(29)31-24(4,5)6/h10-12,26H,13-17H2,1-9H3. The monoisotopic (exact) mass is 447 g/mol. The minimum Gasteiger partial charge on any atom is -0.444 e. The van der Waals surface area contributed by atoms with Gasteiger partial charge in [0, 0.05) is 37.4 Å². The Morgan fingerprint density at radius 1 is 1.00 bits per heavy atom. The first-order chi connectivity index (χ1) is 14.6. The summed E-state index contributed by atoms with van der Waals surface area (Å²) in [6, 6.07) is 6.10. The SMILES string of the molecule is CC(C)(C)OC(=O)N1CCc2c(cccc2NCCN(C(=O)OC(C)(C)C)C(C)(C)C)C1. The normalized spacial score (nSPS) is 14.5. The molecule has 0 spiro atoms. The first-order valence-electron chi connectivity index (χ1n) is 11.4. The first-order valence-corrected chi connectivity index (χ1v) is 11.4. The van der Waals surface area contributed by atoms with Crippen LogP contribution in [0.25, 0.3) is 0 Å². The van der Waals surface area contributed by atoms with Crippen molar-refractivity contribution in [2.24, 2.45) is 0 Å². The van der Waals surface area contributed by atoms with Gasteiger partial charge in [0.25, 0.3) is 0 Å². The number of fused-ring (bicyclic) bond motifs is 1. The zero-order valence-corrected chi connectivity index (χ0v) is 21.3. The molecule has 0 atom stereocenters. The number of hydrogen-bond acceptors (Lipinski definition) is 5. The molecule has 180 valence electrons. The molecule has 1 aromatic carbocycles. The van der Waals surface area contributed by atoms with Gasteiger partial charge >= 0.3 is 12.2 Å². The summed E-state index contributed by atoms with van der Waals surface area (Å²) in [7, 11) is 0. The molecule has 1 aliphatic heterocycles. The van der Waals surface area contributed by atoms with E-state index >= 15 is 0 Å². The van der Waals surface area contributed by atoms with Crippen LogP contribution in [0.4, 0.5) is 15.3 Å². The molecule has 32 heavy (non-hydrogen) atoms. The quantitative estimate of drug-likeness (QED) is 0.667. The number of nitrogens with zero attached hydrogens (tertiary/aromatic N) is 2. The molecule has 7 nitrogen and oxygen atoms in total. The van der Waals surface area contributed by atoms with Gasteiger partial charge in [-0.3, -0.25) is 0 Å². The van der Waals surface area contributed by atoms with Crippen molar-refractivity contribution in [1.29, 1.82) is 0 Å². The van der Waals surface area contributed by atoms with Crippen LogP contribution < -0.4 is 5.32 Å². The number of hydrogen-bond donors (Lipinski definition) is 1. The lowest BCUT2D eigenvalue weighted by atomic mass is 9.98. The van der Waals surface area contributed by atoms with Crippen LogP contribution in [0.3, 0.4) is 0 Å². The Morgan fingerprint density at radius 3 is 2.19 bits per heavy atom. The Bertz CT molecular complexity index is 816. The van der Waals surface area contributed by atoms with Crippen molar-refractivity contribution in [1.82, 2.24) is 9.80 Å². The van der Waals surface area contributed by atoms with Gasteiger partial charge in [-0.2, -0.15) is 0 Å². The highest BCUT2D eigenvalue weighted by molar-refractivity contribution is 5.70. The van der Waals surface area contributed by atoms with E-state index in [9.17, 15) is 9.59 Å². The molecule has 0 aromatic heterocycles. The van der Waals surface area contributed by atoms with Crippen molar-refractivity contribution in [2.45, 2.75) is 92.0 Å². The van der Waals surface area contributed by atoms with Crippen molar-refractivity contribution < 1.29 is 19.1 Å². The van der Waals surface area contributed by atoms with Crippen molar-refractivity contribution >= 4 is 17.9 Å². The molecule has 0 bridgehead atoms. The molecule has 2 amide bonds. The largest absolute Gasteiger partial charge is 0.444 e. The molecule has 1 N–H and O–H groups in total. The van der Waals surface area contributed by atoms with Gasteiger partial charge in [0.15, 0.2) is 0 Å². The second-order valence-electron chi connectivity index (χ2n) is 11.3. The molecule has 0 fully saturated rings. The van der Waals surface area contributed by atoms with Crippen LogP contribution in [0.15, 0.2) is 18.2 Å². The fourth-order valence-corrected chi connectivity index (χ4v) is 3.58. The highest BCUT2D eigenvalue weighted by atomic mass is 16.6. The summed E-state index contributed by atoms with van der Waals surface area (Å²) < 4.78 is 11.1. The highest BCUT2D eigenvalue weighted by Gasteiger charge is 2.31. The number of rotatable bonds is 4. The van der Waals surface area contributed by atoms with Gasteiger partial charge in [-0.25, -0.2) is 9.59 Å². The van der Waals surface area contributed by atoms with Gasteiger partial charge in [-0.1, -0.05) is 12.1 Å². The Kier molecular flexibility index (Phi) is 7.74. The molecule has 1 aliphatic rings. The lowest BCUT2D eigenvalue weighted by molar-refractivity contribution is 0.00742. The average molecular weight is 448 g/mol. The molecule has 2 rings (SSSR count). The first kappa shape index (κ1) is 25.8. The minimum atomic E-state index is -0.535. The smallest absolute Gasteiger partial charge is 0.410 e. The van der Waals surface area contributed by atoms with Crippen molar-refractivity contribution in [3.8, 4) is 0 Å². The molecule has 0 saturated heterocycles. The van der Waals surface area contributed by atoms with Crippen LogP contribution in [-0.2, 0) is 22.4 Å². The Labute approximate surface area is 193 Å². The van der Waals surface area contributed by atoms with Crippen molar-refractivity contribution in [3.05, 3.63) is 29.3 Å². The molecule has 1 heterocycles. The second-order valence-corrected chi connectivity index (χ2v) is 11.3. The van der Waals surface area contributed by atoms with E-state index < -0.39 is 11.2 Å². The van der Waals surface area contributed by atoms with Crippen LogP contribution in [0, 0.1) is 0 Å². The minimum absolute atomic E-state index is 0.278. The van der Waals surface area contributed by atoms with E-state index in [2.05, 4.69) is 17.4 Å². The van der Waals surface area contributed by atoms with Crippen LogP contribution in [-0.4, -0.2) is 58.4 Å². The number of amides is 2. The van der Waals surface area contributed by atoms with Gasteiger partial charge < -0.3 is 24.6 Å². The number of anilines is 1. The summed E-state index contributed by atoms with van der Waals surface area (Å²) in [5.74, 6) is 0. The lowest BCUT2D eigenvalue weighted by Gasteiger charge is -2.37. The molecule has 0 aliphatic carbocycles. The topological polar surface area (TPSA) is 71.1 Å². The lowest BCUT2D eigenvalue weighted by Crippen LogP contribution is -2.49. The Morgan fingerprint density at radius 2 is 1.62 bits per heavy atom. The van der Waals surface area contributed by atoms with Crippen LogP contribution >= 0.6 is 0 Å². The fourth-order valence-electron chi connectivity index (χ4n) is 3.58. The number of benzene rings is 1. The zero-order valence-electron chi connectivity index (χ0n) is 21.3. The average Bonchev–Trinajstić information content (AvgIpc) is 2.60. The molecule has 7 heteroatoms. The maximum atomic E-state index is 12.7. The summed E-state index contributed by atoms with van der Waals surface area (Å²) in [5.41, 5.74) is 1.98. The highest BCUT2D eigenvalue weighted by Crippen LogP contribution is 2.27. The van der Waals surface area contributed by atoms with Crippen LogP contribution in [0.1, 0.15) is 73.4 Å². The summed E-state index contributed by atoms with van der Waals surface area (Å²) in [5, 5.41) is 3.49. The predicted octanol–water partition coefficient (Wildman–Crippen LogP) is 5.43. The zero-order chi connectivity index (χ0) is 24.3. The van der Waals surface area contributed by atoms with Gasteiger partial charge in [0.1, 0.15) is 11.2 Å². The Hall–Kier alpha value is -2.44. The number of carbonyl (C=O) groups excluding carboxylic acids is 2. The summed E-state index contributed by atoms with van der Waals surface area (Å²) in [6.45, 7) is 19.6. The predicted molar refractivity (Wildman–Crippen MR) is 128 cm³/mol. The fraction of sp³-hybridized carbons (Fsp3) is 0.680.